The number of aromatic hydroxyl groups is 1. The van der Waals surface area contributed by atoms with Gasteiger partial charge in [0, 0.05) is 44.8 Å². The fraction of sp³-hybridized carbons (Fsp3) is 0.409. The lowest BCUT2D eigenvalue weighted by Crippen LogP contribution is -2.52. The fourth-order valence-electron chi connectivity index (χ4n) is 3.41. The van der Waals surface area contributed by atoms with Crippen LogP contribution in [0.2, 0.25) is 0 Å². The van der Waals surface area contributed by atoms with Gasteiger partial charge < -0.3 is 20.1 Å². The summed E-state index contributed by atoms with van der Waals surface area (Å²) >= 11 is 0. The number of piperazine rings is 1. The van der Waals surface area contributed by atoms with Crippen molar-refractivity contribution in [3.05, 3.63) is 59.7 Å². The Labute approximate surface area is 167 Å². The number of hydrogen-bond acceptors (Lipinski definition) is 4. The molecule has 6 heteroatoms. The van der Waals surface area contributed by atoms with Gasteiger partial charge in [0.1, 0.15) is 0 Å². The molecule has 6 nitrogen and oxygen atoms in total. The Morgan fingerprint density at radius 2 is 1.82 bits per heavy atom. The molecule has 1 aliphatic rings. The summed E-state index contributed by atoms with van der Waals surface area (Å²) < 4.78 is 5.19. The highest BCUT2D eigenvalue weighted by molar-refractivity contribution is 5.80. The Morgan fingerprint density at radius 1 is 1.07 bits per heavy atom. The molecule has 1 fully saturated rings. The average Bonchev–Trinajstić information content (AvgIpc) is 2.73. The molecule has 0 amide bonds. The lowest BCUT2D eigenvalue weighted by Gasteiger charge is -2.36. The van der Waals surface area contributed by atoms with Crippen LogP contribution in [0.5, 0.6) is 11.5 Å². The van der Waals surface area contributed by atoms with Crippen molar-refractivity contribution in [2.24, 2.45) is 4.99 Å². The predicted molar refractivity (Wildman–Crippen MR) is 113 cm³/mol. The number of benzene rings is 2. The van der Waals surface area contributed by atoms with Gasteiger partial charge in [-0.05, 0) is 18.6 Å². The fourth-order valence-corrected chi connectivity index (χ4v) is 3.41. The van der Waals surface area contributed by atoms with Crippen LogP contribution >= 0.6 is 0 Å². The molecule has 0 radical (unpaired) electrons. The van der Waals surface area contributed by atoms with Gasteiger partial charge in [0.2, 0.25) is 0 Å². The van der Waals surface area contributed by atoms with Gasteiger partial charge in [-0.3, -0.25) is 4.90 Å². The molecule has 1 heterocycles. The molecule has 1 aliphatic heterocycles. The molecule has 1 saturated heterocycles. The van der Waals surface area contributed by atoms with E-state index >= 15 is 0 Å². The van der Waals surface area contributed by atoms with Crippen LogP contribution in [0.25, 0.3) is 0 Å². The first-order valence-electron chi connectivity index (χ1n) is 9.85. The summed E-state index contributed by atoms with van der Waals surface area (Å²) in [6.07, 6.45) is 0. The highest BCUT2D eigenvalue weighted by Gasteiger charge is 2.19. The van der Waals surface area contributed by atoms with Gasteiger partial charge in [-0.25, -0.2) is 4.99 Å². The molecular weight excluding hydrogens is 352 g/mol. The number of phenols is 1. The third-order valence-electron chi connectivity index (χ3n) is 4.96. The highest BCUT2D eigenvalue weighted by Crippen LogP contribution is 2.29. The Morgan fingerprint density at radius 3 is 2.50 bits per heavy atom. The van der Waals surface area contributed by atoms with Crippen molar-refractivity contribution >= 4 is 5.96 Å². The van der Waals surface area contributed by atoms with Crippen LogP contribution in [0.4, 0.5) is 0 Å². The number of para-hydroxylation sites is 1. The van der Waals surface area contributed by atoms with Crippen LogP contribution in [-0.2, 0) is 13.1 Å². The molecule has 28 heavy (non-hydrogen) atoms. The molecule has 0 aliphatic carbocycles. The van der Waals surface area contributed by atoms with Gasteiger partial charge in [0.05, 0.1) is 13.7 Å². The topological polar surface area (TPSA) is 60.3 Å². The summed E-state index contributed by atoms with van der Waals surface area (Å²) in [5.74, 6) is 1.54. The second-order valence-electron chi connectivity index (χ2n) is 6.89. The van der Waals surface area contributed by atoms with E-state index in [2.05, 4.69) is 52.4 Å². The maximum Gasteiger partial charge on any atom is 0.194 e. The van der Waals surface area contributed by atoms with Gasteiger partial charge >= 0.3 is 0 Å². The number of phenolic OH excluding ortho intramolecular Hbond substituents is 1. The highest BCUT2D eigenvalue weighted by atomic mass is 16.5. The number of hydrogen-bond donors (Lipinski definition) is 2. The van der Waals surface area contributed by atoms with Crippen molar-refractivity contribution in [2.75, 3.05) is 39.8 Å². The lowest BCUT2D eigenvalue weighted by molar-refractivity contribution is 0.172. The zero-order chi connectivity index (χ0) is 19.8. The molecule has 0 bridgehead atoms. The van der Waals surface area contributed by atoms with Crippen LogP contribution in [-0.4, -0.2) is 60.7 Å². The Hall–Kier alpha value is -2.73. The molecule has 2 N–H and O–H groups in total. The van der Waals surface area contributed by atoms with Crippen molar-refractivity contribution in [1.82, 2.24) is 15.1 Å². The van der Waals surface area contributed by atoms with E-state index in [1.165, 1.54) is 5.56 Å². The molecule has 3 rings (SSSR count). The van der Waals surface area contributed by atoms with E-state index in [4.69, 9.17) is 9.73 Å². The molecule has 2 aromatic rings. The van der Waals surface area contributed by atoms with Gasteiger partial charge in [-0.15, -0.1) is 0 Å². The van der Waals surface area contributed by atoms with E-state index in [0.29, 0.717) is 12.3 Å². The second-order valence-corrected chi connectivity index (χ2v) is 6.89. The van der Waals surface area contributed by atoms with Crippen molar-refractivity contribution in [3.63, 3.8) is 0 Å². The SMILES string of the molecule is CCNC(=NCc1cccc(OC)c1O)N1CCN(Cc2ccccc2)CC1. The van der Waals surface area contributed by atoms with E-state index in [1.807, 2.05) is 12.1 Å². The van der Waals surface area contributed by atoms with E-state index < -0.39 is 0 Å². The van der Waals surface area contributed by atoms with Gasteiger partial charge in [-0.2, -0.15) is 0 Å². The number of nitrogens with zero attached hydrogens (tertiary/aromatic N) is 3. The maximum atomic E-state index is 10.3. The number of methoxy groups -OCH3 is 1. The minimum Gasteiger partial charge on any atom is -0.504 e. The molecule has 0 saturated carbocycles. The molecule has 150 valence electrons. The van der Waals surface area contributed by atoms with E-state index in [9.17, 15) is 5.11 Å². The summed E-state index contributed by atoms with van der Waals surface area (Å²) in [7, 11) is 1.56. The summed E-state index contributed by atoms with van der Waals surface area (Å²) in [6, 6.07) is 16.1. The summed E-state index contributed by atoms with van der Waals surface area (Å²) in [4.78, 5) is 9.52. The number of nitrogens with one attached hydrogen (secondary N) is 1. The molecule has 0 spiro atoms. The lowest BCUT2D eigenvalue weighted by atomic mass is 10.2. The first kappa shape index (κ1) is 20.0. The Kier molecular flexibility index (Phi) is 7.14. The second kappa shape index (κ2) is 9.99. The standard InChI is InChI=1S/C22H30N4O2/c1-3-23-22(24-16-19-10-7-11-20(28-2)21(19)27)26-14-12-25(13-15-26)17-18-8-5-4-6-9-18/h4-11,27H,3,12-17H2,1-2H3,(H,23,24). The monoisotopic (exact) mass is 382 g/mol. The third kappa shape index (κ3) is 5.16. The smallest absolute Gasteiger partial charge is 0.194 e. The van der Waals surface area contributed by atoms with E-state index in [0.717, 1.165) is 50.8 Å². The van der Waals surface area contributed by atoms with Crippen LogP contribution in [0.1, 0.15) is 18.1 Å². The van der Waals surface area contributed by atoms with Crippen molar-refractivity contribution in [3.8, 4) is 11.5 Å². The molecule has 0 atom stereocenters. The van der Waals surface area contributed by atoms with E-state index in [-0.39, 0.29) is 5.75 Å². The summed E-state index contributed by atoms with van der Waals surface area (Å²) in [6.45, 7) is 8.16. The zero-order valence-corrected chi connectivity index (χ0v) is 16.8. The summed E-state index contributed by atoms with van der Waals surface area (Å²) in [5.41, 5.74) is 2.11. The maximum absolute atomic E-state index is 10.3. The van der Waals surface area contributed by atoms with Gasteiger partial charge in [0.25, 0.3) is 0 Å². The molecule has 0 unspecified atom stereocenters. The quantitative estimate of drug-likeness (QED) is 0.594. The first-order valence-corrected chi connectivity index (χ1v) is 9.85. The Balaban J connectivity index is 1.61. The van der Waals surface area contributed by atoms with Crippen LogP contribution < -0.4 is 10.1 Å². The van der Waals surface area contributed by atoms with Gasteiger partial charge in [-0.1, -0.05) is 42.5 Å². The van der Waals surface area contributed by atoms with E-state index in [1.54, 1.807) is 13.2 Å². The van der Waals surface area contributed by atoms with Crippen molar-refractivity contribution < 1.29 is 9.84 Å². The van der Waals surface area contributed by atoms with Gasteiger partial charge in [0.15, 0.2) is 17.5 Å². The van der Waals surface area contributed by atoms with Crippen LogP contribution in [0.15, 0.2) is 53.5 Å². The van der Waals surface area contributed by atoms with Crippen LogP contribution in [0.3, 0.4) is 0 Å². The average molecular weight is 383 g/mol. The predicted octanol–water partition coefficient (Wildman–Crippen LogP) is 2.68. The largest absolute Gasteiger partial charge is 0.504 e. The number of aliphatic imine (C=N–C) groups is 1. The normalized spacial score (nSPS) is 15.5. The molecular formula is C22H30N4O2. The van der Waals surface area contributed by atoms with Crippen molar-refractivity contribution in [1.29, 1.82) is 0 Å². The minimum atomic E-state index is 0.164. The zero-order valence-electron chi connectivity index (χ0n) is 16.8. The molecule has 0 aromatic heterocycles. The van der Waals surface area contributed by atoms with Crippen LogP contribution in [0, 0.1) is 0 Å². The summed E-state index contributed by atoms with van der Waals surface area (Å²) in [5, 5.41) is 13.7. The number of ether oxygens (including phenoxy) is 1. The Bertz CT molecular complexity index is 771. The first-order chi connectivity index (χ1) is 13.7. The minimum absolute atomic E-state index is 0.164. The number of rotatable bonds is 6. The third-order valence-corrected chi connectivity index (χ3v) is 4.96. The molecule has 2 aromatic carbocycles. The van der Waals surface area contributed by atoms with Crippen molar-refractivity contribution in [2.45, 2.75) is 20.0 Å². The number of guanidine groups is 1.